The van der Waals surface area contributed by atoms with Crippen molar-refractivity contribution in [3.63, 3.8) is 0 Å². The molecule has 1 aromatic rings. The molecule has 1 atom stereocenters. The van der Waals surface area contributed by atoms with Crippen LogP contribution in [0.25, 0.3) is 0 Å². The Labute approximate surface area is 136 Å². The second-order valence-corrected chi connectivity index (χ2v) is 6.23. The maximum absolute atomic E-state index is 12.6. The third-order valence-electron chi connectivity index (χ3n) is 4.41. The van der Waals surface area contributed by atoms with Crippen LogP contribution in [0.2, 0.25) is 0 Å². The van der Waals surface area contributed by atoms with Gasteiger partial charge in [-0.15, -0.1) is 5.10 Å². The van der Waals surface area contributed by atoms with Gasteiger partial charge < -0.3 is 10.0 Å². The van der Waals surface area contributed by atoms with E-state index in [1.165, 1.54) is 10.9 Å². The van der Waals surface area contributed by atoms with Crippen molar-refractivity contribution < 1.29 is 14.7 Å². The monoisotopic (exact) mass is 320 g/mol. The number of hydrogen-bond donors (Lipinski definition) is 1. The first-order valence-electron chi connectivity index (χ1n) is 7.98. The molecule has 0 bridgehead atoms. The van der Waals surface area contributed by atoms with Gasteiger partial charge in [-0.25, -0.2) is 4.79 Å². The first-order valence-corrected chi connectivity index (χ1v) is 7.98. The molecule has 1 fully saturated rings. The minimum Gasteiger partial charge on any atom is -0.476 e. The summed E-state index contributed by atoms with van der Waals surface area (Å²) in [5, 5.41) is 16.3. The Bertz CT molecular complexity index is 617. The quantitative estimate of drug-likeness (QED) is 0.839. The lowest BCUT2D eigenvalue weighted by atomic mass is 9.97. The number of allylic oxidation sites excluding steroid dienone is 1. The minimum atomic E-state index is -1.08. The first-order chi connectivity index (χ1) is 10.9. The van der Waals surface area contributed by atoms with Crippen LogP contribution in [0, 0.1) is 0 Å². The molecular weight excluding hydrogens is 296 g/mol. The molecule has 1 aliphatic heterocycles. The topological polar surface area (TPSA) is 88.3 Å². The number of piperidine rings is 1. The van der Waals surface area contributed by atoms with Crippen molar-refractivity contribution in [2.24, 2.45) is 0 Å². The molecule has 2 rings (SSSR count). The van der Waals surface area contributed by atoms with Crippen LogP contribution in [0.3, 0.4) is 0 Å². The molecule has 0 saturated carbocycles. The lowest BCUT2D eigenvalue weighted by Crippen LogP contribution is -2.44. The van der Waals surface area contributed by atoms with Gasteiger partial charge in [0.15, 0.2) is 5.69 Å². The number of carbonyl (C=O) groups is 2. The highest BCUT2D eigenvalue weighted by atomic mass is 16.4. The van der Waals surface area contributed by atoms with Gasteiger partial charge in [0, 0.05) is 24.7 Å². The largest absolute Gasteiger partial charge is 0.476 e. The average molecular weight is 320 g/mol. The maximum atomic E-state index is 12.6. The second kappa shape index (κ2) is 7.39. The lowest BCUT2D eigenvalue weighted by molar-refractivity contribution is -0.130. The molecule has 7 nitrogen and oxygen atoms in total. The van der Waals surface area contributed by atoms with Crippen molar-refractivity contribution in [1.29, 1.82) is 0 Å². The molecule has 2 heterocycles. The Hall–Kier alpha value is -2.18. The molecule has 1 unspecified atom stereocenters. The molecule has 1 saturated heterocycles. The van der Waals surface area contributed by atoms with Crippen molar-refractivity contribution >= 4 is 11.9 Å². The minimum absolute atomic E-state index is 0.0537. The summed E-state index contributed by atoms with van der Waals surface area (Å²) in [6.45, 7) is 7.12. The van der Waals surface area contributed by atoms with E-state index in [0.29, 0.717) is 6.54 Å². The molecule has 23 heavy (non-hydrogen) atoms. The van der Waals surface area contributed by atoms with E-state index in [-0.39, 0.29) is 17.6 Å². The number of rotatable bonds is 5. The van der Waals surface area contributed by atoms with Crippen molar-refractivity contribution in [2.45, 2.75) is 59.0 Å². The Morgan fingerprint density at radius 1 is 1.30 bits per heavy atom. The highest BCUT2D eigenvalue weighted by Crippen LogP contribution is 2.23. The normalized spacial score (nSPS) is 17.9. The molecule has 0 spiro atoms. The Balaban J connectivity index is 2.02. The van der Waals surface area contributed by atoms with E-state index in [4.69, 9.17) is 5.11 Å². The van der Waals surface area contributed by atoms with Crippen molar-refractivity contribution in [3.05, 3.63) is 23.0 Å². The Kier molecular flexibility index (Phi) is 5.52. The van der Waals surface area contributed by atoms with Crippen LogP contribution in [0.1, 0.15) is 56.9 Å². The summed E-state index contributed by atoms with van der Waals surface area (Å²) < 4.78 is 1.54. The highest BCUT2D eigenvalue weighted by Gasteiger charge is 2.27. The van der Waals surface area contributed by atoms with E-state index < -0.39 is 5.97 Å². The van der Waals surface area contributed by atoms with Gasteiger partial charge in [0.05, 0.1) is 6.20 Å². The summed E-state index contributed by atoms with van der Waals surface area (Å²) in [6, 6.07) is 0.169. The van der Waals surface area contributed by atoms with Crippen molar-refractivity contribution in [3.8, 4) is 0 Å². The van der Waals surface area contributed by atoms with E-state index in [9.17, 15) is 9.59 Å². The van der Waals surface area contributed by atoms with Crippen LogP contribution in [-0.4, -0.2) is 49.5 Å². The van der Waals surface area contributed by atoms with Gasteiger partial charge in [0.2, 0.25) is 5.91 Å². The SMILES string of the molecule is CC(C)=C(C)C(=O)N1CCCCC1CCn1cc(C(=O)O)nn1. The Morgan fingerprint density at radius 3 is 2.65 bits per heavy atom. The number of carboxylic acids is 1. The van der Waals surface area contributed by atoms with Gasteiger partial charge in [-0.3, -0.25) is 9.48 Å². The zero-order chi connectivity index (χ0) is 17.0. The fourth-order valence-corrected chi connectivity index (χ4v) is 2.78. The fraction of sp³-hybridized carbons (Fsp3) is 0.625. The van der Waals surface area contributed by atoms with Crippen LogP contribution >= 0.6 is 0 Å². The number of aromatic nitrogens is 3. The first kappa shape index (κ1) is 17.2. The molecule has 0 radical (unpaired) electrons. The summed E-state index contributed by atoms with van der Waals surface area (Å²) in [5.74, 6) is -0.968. The molecule has 0 aromatic carbocycles. The number of likely N-dealkylation sites (tertiary alicyclic amines) is 1. The van der Waals surface area contributed by atoms with Gasteiger partial charge in [0.25, 0.3) is 0 Å². The molecule has 1 aromatic heterocycles. The van der Waals surface area contributed by atoms with E-state index >= 15 is 0 Å². The van der Waals surface area contributed by atoms with E-state index in [2.05, 4.69) is 10.3 Å². The molecule has 126 valence electrons. The Morgan fingerprint density at radius 2 is 2.04 bits per heavy atom. The number of amides is 1. The molecule has 1 amide bonds. The standard InChI is InChI=1S/C16H24N4O3/c1-11(2)12(3)15(21)20-8-5-4-6-13(20)7-9-19-10-14(16(22)23)17-18-19/h10,13H,4-9H2,1-3H3,(H,22,23). The van der Waals surface area contributed by atoms with Gasteiger partial charge >= 0.3 is 5.97 Å². The van der Waals surface area contributed by atoms with Crippen molar-refractivity contribution in [1.82, 2.24) is 19.9 Å². The summed E-state index contributed by atoms with van der Waals surface area (Å²) in [6.07, 6.45) is 5.30. The van der Waals surface area contributed by atoms with Crippen LogP contribution < -0.4 is 0 Å². The maximum Gasteiger partial charge on any atom is 0.358 e. The van der Waals surface area contributed by atoms with Crippen LogP contribution in [0.4, 0.5) is 0 Å². The number of carboxylic acid groups (broad SMARTS) is 1. The fourth-order valence-electron chi connectivity index (χ4n) is 2.78. The summed E-state index contributed by atoms with van der Waals surface area (Å²) in [5.41, 5.74) is 1.80. The predicted molar refractivity (Wildman–Crippen MR) is 85.0 cm³/mol. The van der Waals surface area contributed by atoms with E-state index in [0.717, 1.165) is 43.4 Å². The van der Waals surface area contributed by atoms with Crippen LogP contribution in [0.5, 0.6) is 0 Å². The van der Waals surface area contributed by atoms with Crippen molar-refractivity contribution in [2.75, 3.05) is 6.54 Å². The molecule has 1 N–H and O–H groups in total. The van der Waals surface area contributed by atoms with Gasteiger partial charge in [-0.1, -0.05) is 10.8 Å². The third-order valence-corrected chi connectivity index (χ3v) is 4.41. The van der Waals surface area contributed by atoms with Crippen LogP contribution in [-0.2, 0) is 11.3 Å². The molecule has 7 heteroatoms. The zero-order valence-electron chi connectivity index (χ0n) is 13.9. The predicted octanol–water partition coefficient (Wildman–Crippen LogP) is 2.10. The van der Waals surface area contributed by atoms with E-state index in [1.54, 1.807) is 0 Å². The lowest BCUT2D eigenvalue weighted by Gasteiger charge is -2.36. The number of aromatic carboxylic acids is 1. The third kappa shape index (κ3) is 4.18. The number of nitrogens with zero attached hydrogens (tertiary/aromatic N) is 4. The summed E-state index contributed by atoms with van der Waals surface area (Å²) in [7, 11) is 0. The summed E-state index contributed by atoms with van der Waals surface area (Å²) >= 11 is 0. The zero-order valence-corrected chi connectivity index (χ0v) is 13.9. The van der Waals surface area contributed by atoms with E-state index in [1.807, 2.05) is 25.7 Å². The van der Waals surface area contributed by atoms with Gasteiger partial charge in [-0.05, 0) is 46.5 Å². The number of aryl methyl sites for hydroxylation is 1. The number of hydrogen-bond acceptors (Lipinski definition) is 4. The average Bonchev–Trinajstić information content (AvgIpc) is 3.01. The molecule has 1 aliphatic rings. The molecule has 0 aliphatic carbocycles. The van der Waals surface area contributed by atoms with Gasteiger partial charge in [0.1, 0.15) is 0 Å². The highest BCUT2D eigenvalue weighted by molar-refractivity contribution is 5.93. The number of carbonyl (C=O) groups excluding carboxylic acids is 1. The molecular formula is C16H24N4O3. The van der Waals surface area contributed by atoms with Crippen LogP contribution in [0.15, 0.2) is 17.3 Å². The second-order valence-electron chi connectivity index (χ2n) is 6.23. The smallest absolute Gasteiger partial charge is 0.358 e. The summed E-state index contributed by atoms with van der Waals surface area (Å²) in [4.78, 5) is 25.4. The van der Waals surface area contributed by atoms with Gasteiger partial charge in [-0.2, -0.15) is 0 Å².